The molecule has 0 saturated carbocycles. The van der Waals surface area contributed by atoms with Crippen LogP contribution in [0.3, 0.4) is 0 Å². The van der Waals surface area contributed by atoms with E-state index in [1.54, 1.807) is 6.07 Å². The number of methoxy groups -OCH3 is 2. The number of carbonyl (C=O) groups is 2. The molecule has 1 heterocycles. The number of hydrogen-bond acceptors (Lipinski definition) is 6. The van der Waals surface area contributed by atoms with E-state index in [9.17, 15) is 9.59 Å². The minimum absolute atomic E-state index is 0.0510. The van der Waals surface area contributed by atoms with Crippen LogP contribution in [0.5, 0.6) is 0 Å². The van der Waals surface area contributed by atoms with Crippen molar-refractivity contribution in [2.45, 2.75) is 13.2 Å². The van der Waals surface area contributed by atoms with E-state index in [2.05, 4.69) is 10.5 Å². The first-order chi connectivity index (χ1) is 11.0. The van der Waals surface area contributed by atoms with Crippen molar-refractivity contribution in [3.8, 4) is 0 Å². The lowest BCUT2D eigenvalue weighted by Crippen LogP contribution is -2.13. The van der Waals surface area contributed by atoms with Crippen LogP contribution in [0.2, 0.25) is 0 Å². The van der Waals surface area contributed by atoms with Crippen molar-refractivity contribution in [1.29, 1.82) is 0 Å². The summed E-state index contributed by atoms with van der Waals surface area (Å²) >= 11 is 0. The zero-order valence-electron chi connectivity index (χ0n) is 12.7. The van der Waals surface area contributed by atoms with Crippen LogP contribution in [0, 0.1) is 0 Å². The monoisotopic (exact) mass is 320 g/mol. The fourth-order valence-electron chi connectivity index (χ4n) is 1.96. The molecular weight excluding hydrogens is 304 g/mol. The Morgan fingerprint density at radius 2 is 1.91 bits per heavy atom. The summed E-state index contributed by atoms with van der Waals surface area (Å²) in [5.41, 5.74) is 1.09. The largest absolute Gasteiger partial charge is 0.478 e. The number of anilines is 1. The maximum absolute atomic E-state index is 12.1. The van der Waals surface area contributed by atoms with Gasteiger partial charge in [-0.2, -0.15) is 0 Å². The van der Waals surface area contributed by atoms with Crippen LogP contribution in [0.25, 0.3) is 0 Å². The van der Waals surface area contributed by atoms with E-state index < -0.39 is 11.9 Å². The molecular formula is C15H16N2O6. The Morgan fingerprint density at radius 1 is 1.17 bits per heavy atom. The van der Waals surface area contributed by atoms with E-state index in [0.29, 0.717) is 17.0 Å². The highest BCUT2D eigenvalue weighted by atomic mass is 16.5. The number of hydrogen-bond donors (Lipinski definition) is 2. The Labute approximate surface area is 132 Å². The summed E-state index contributed by atoms with van der Waals surface area (Å²) in [5, 5.41) is 15.3. The summed E-state index contributed by atoms with van der Waals surface area (Å²) in [7, 11) is 3.00. The molecule has 0 spiro atoms. The number of nitrogens with zero attached hydrogens (tertiary/aromatic N) is 1. The second kappa shape index (κ2) is 7.52. The van der Waals surface area contributed by atoms with Crippen LogP contribution in [-0.2, 0) is 22.7 Å². The van der Waals surface area contributed by atoms with Crippen molar-refractivity contribution < 1.29 is 28.7 Å². The number of rotatable bonds is 7. The molecule has 0 aliphatic rings. The lowest BCUT2D eigenvalue weighted by molar-refractivity contribution is 0.0696. The third-order valence-corrected chi connectivity index (χ3v) is 2.89. The standard InChI is InChI=1S/C15H16N2O6/c1-21-7-9-3-10(15(19)20)5-11(4-9)16-14(18)13-6-12(8-22-2)23-17-13/h3-6H,7-8H2,1-2H3,(H,16,18)(H,19,20). The highest BCUT2D eigenvalue weighted by molar-refractivity contribution is 6.03. The zero-order valence-corrected chi connectivity index (χ0v) is 12.7. The third-order valence-electron chi connectivity index (χ3n) is 2.89. The van der Waals surface area contributed by atoms with Crippen LogP contribution < -0.4 is 5.32 Å². The molecule has 0 radical (unpaired) electrons. The predicted molar refractivity (Wildman–Crippen MR) is 79.3 cm³/mol. The topological polar surface area (TPSA) is 111 Å². The smallest absolute Gasteiger partial charge is 0.335 e. The van der Waals surface area contributed by atoms with Gasteiger partial charge >= 0.3 is 5.97 Å². The number of aromatic nitrogens is 1. The van der Waals surface area contributed by atoms with Crippen LogP contribution in [-0.4, -0.2) is 36.4 Å². The number of carbonyl (C=O) groups excluding carboxylic acids is 1. The van der Waals surface area contributed by atoms with Crippen molar-refractivity contribution in [3.63, 3.8) is 0 Å². The first kappa shape index (κ1) is 16.7. The number of carboxylic acid groups (broad SMARTS) is 1. The van der Waals surface area contributed by atoms with Crippen molar-refractivity contribution in [3.05, 3.63) is 46.8 Å². The minimum Gasteiger partial charge on any atom is -0.478 e. The number of nitrogens with one attached hydrogen (secondary N) is 1. The lowest BCUT2D eigenvalue weighted by atomic mass is 10.1. The molecule has 23 heavy (non-hydrogen) atoms. The molecule has 0 fully saturated rings. The third kappa shape index (κ3) is 4.38. The number of amides is 1. The van der Waals surface area contributed by atoms with E-state index in [0.717, 1.165) is 0 Å². The van der Waals surface area contributed by atoms with E-state index >= 15 is 0 Å². The number of ether oxygens (including phenoxy) is 2. The van der Waals surface area contributed by atoms with Crippen molar-refractivity contribution in [1.82, 2.24) is 5.16 Å². The Bertz CT molecular complexity index is 710. The first-order valence-corrected chi connectivity index (χ1v) is 6.65. The van der Waals surface area contributed by atoms with Gasteiger partial charge in [0.1, 0.15) is 6.61 Å². The Kier molecular flexibility index (Phi) is 5.45. The molecule has 2 rings (SSSR count). The normalized spacial score (nSPS) is 10.5. The summed E-state index contributed by atoms with van der Waals surface area (Å²) in [6.45, 7) is 0.429. The van der Waals surface area contributed by atoms with Gasteiger partial charge in [-0.15, -0.1) is 0 Å². The maximum Gasteiger partial charge on any atom is 0.335 e. The van der Waals surface area contributed by atoms with Crippen LogP contribution in [0.15, 0.2) is 28.8 Å². The van der Waals surface area contributed by atoms with Gasteiger partial charge in [-0.05, 0) is 23.8 Å². The van der Waals surface area contributed by atoms with Gasteiger partial charge in [-0.3, -0.25) is 4.79 Å². The fraction of sp³-hybridized carbons (Fsp3) is 0.267. The van der Waals surface area contributed by atoms with Gasteiger partial charge in [0.05, 0.1) is 12.2 Å². The van der Waals surface area contributed by atoms with Gasteiger partial charge in [0.2, 0.25) is 0 Å². The molecule has 0 saturated heterocycles. The Morgan fingerprint density at radius 3 is 2.57 bits per heavy atom. The maximum atomic E-state index is 12.1. The van der Waals surface area contributed by atoms with Gasteiger partial charge in [0, 0.05) is 26.0 Å². The number of aromatic carboxylic acids is 1. The van der Waals surface area contributed by atoms with Gasteiger partial charge in [-0.1, -0.05) is 5.16 Å². The molecule has 8 nitrogen and oxygen atoms in total. The molecule has 0 aliphatic carbocycles. The molecule has 1 aromatic carbocycles. The molecule has 0 aliphatic heterocycles. The summed E-state index contributed by atoms with van der Waals surface area (Å²) in [4.78, 5) is 23.3. The van der Waals surface area contributed by atoms with Gasteiger partial charge in [0.15, 0.2) is 11.5 Å². The van der Waals surface area contributed by atoms with E-state index in [-0.39, 0.29) is 24.5 Å². The summed E-state index contributed by atoms with van der Waals surface area (Å²) < 4.78 is 14.8. The van der Waals surface area contributed by atoms with Crippen LogP contribution in [0.4, 0.5) is 5.69 Å². The average molecular weight is 320 g/mol. The quantitative estimate of drug-likeness (QED) is 0.801. The van der Waals surface area contributed by atoms with Crippen molar-refractivity contribution >= 4 is 17.6 Å². The lowest BCUT2D eigenvalue weighted by Gasteiger charge is -2.08. The number of carboxylic acids is 1. The first-order valence-electron chi connectivity index (χ1n) is 6.65. The fourth-order valence-corrected chi connectivity index (χ4v) is 1.96. The highest BCUT2D eigenvalue weighted by Gasteiger charge is 2.14. The van der Waals surface area contributed by atoms with E-state index in [1.165, 1.54) is 32.4 Å². The Hall–Kier alpha value is -2.71. The van der Waals surface area contributed by atoms with Gasteiger partial charge in [-0.25, -0.2) is 4.79 Å². The molecule has 8 heteroatoms. The average Bonchev–Trinajstić information content (AvgIpc) is 2.96. The molecule has 1 amide bonds. The zero-order chi connectivity index (χ0) is 16.8. The van der Waals surface area contributed by atoms with Crippen molar-refractivity contribution in [2.75, 3.05) is 19.5 Å². The molecule has 1 aromatic heterocycles. The molecule has 2 aromatic rings. The molecule has 2 N–H and O–H groups in total. The highest BCUT2D eigenvalue weighted by Crippen LogP contribution is 2.17. The second-order valence-electron chi connectivity index (χ2n) is 4.72. The Balaban J connectivity index is 2.20. The van der Waals surface area contributed by atoms with Gasteiger partial charge < -0.3 is 24.4 Å². The molecule has 0 atom stereocenters. The number of benzene rings is 1. The predicted octanol–water partition coefficient (Wildman–Crippen LogP) is 1.92. The van der Waals surface area contributed by atoms with Crippen LogP contribution in [0.1, 0.15) is 32.2 Å². The summed E-state index contributed by atoms with van der Waals surface area (Å²) in [6.07, 6.45) is 0. The molecule has 0 unspecified atom stereocenters. The van der Waals surface area contributed by atoms with Crippen molar-refractivity contribution in [2.24, 2.45) is 0 Å². The van der Waals surface area contributed by atoms with E-state index in [1.807, 2.05) is 0 Å². The second-order valence-corrected chi connectivity index (χ2v) is 4.72. The SMILES string of the molecule is COCc1cc(NC(=O)c2cc(COC)on2)cc(C(=O)O)c1. The van der Waals surface area contributed by atoms with Gasteiger partial charge in [0.25, 0.3) is 5.91 Å². The molecule has 122 valence electrons. The summed E-state index contributed by atoms with van der Waals surface area (Å²) in [6, 6.07) is 5.92. The molecule has 0 bridgehead atoms. The minimum atomic E-state index is -1.10. The summed E-state index contributed by atoms with van der Waals surface area (Å²) in [5.74, 6) is -1.19. The van der Waals surface area contributed by atoms with E-state index in [4.69, 9.17) is 19.1 Å². The van der Waals surface area contributed by atoms with Crippen LogP contribution >= 0.6 is 0 Å².